The van der Waals surface area contributed by atoms with Crippen molar-refractivity contribution in [2.45, 2.75) is 24.9 Å². The van der Waals surface area contributed by atoms with E-state index in [2.05, 4.69) is 31.3 Å². The zero-order valence-electron chi connectivity index (χ0n) is 24.4. The van der Waals surface area contributed by atoms with Gasteiger partial charge in [-0.1, -0.05) is 54.0 Å². The van der Waals surface area contributed by atoms with Crippen LogP contribution in [0.1, 0.15) is 12.8 Å². The Kier molecular flexibility index (Phi) is 8.73. The van der Waals surface area contributed by atoms with Gasteiger partial charge >= 0.3 is 6.01 Å². The normalized spacial score (nSPS) is 18.8. The molecule has 0 spiro atoms. The Labute approximate surface area is 268 Å². The van der Waals surface area contributed by atoms with Crippen molar-refractivity contribution in [3.8, 4) is 17.3 Å². The first-order valence-electron chi connectivity index (χ1n) is 14.5. The fourth-order valence-electron chi connectivity index (χ4n) is 6.12. The second-order valence-corrected chi connectivity index (χ2v) is 12.0. The molecule has 0 saturated carbocycles. The second-order valence-electron chi connectivity index (χ2n) is 11.2. The molecule has 2 aromatic carbocycles. The smallest absolute Gasteiger partial charge is 0.319 e. The van der Waals surface area contributed by atoms with Crippen LogP contribution < -0.4 is 9.64 Å². The largest absolute Gasteiger partial charge is 0.462 e. The summed E-state index contributed by atoms with van der Waals surface area (Å²) in [6.07, 6.45) is 3.50. The van der Waals surface area contributed by atoms with Crippen LogP contribution in [0.3, 0.4) is 0 Å². The van der Waals surface area contributed by atoms with E-state index in [0.29, 0.717) is 33.8 Å². The number of carbonyl (C=O) groups excluding carboxylic acids is 1. The van der Waals surface area contributed by atoms with E-state index in [4.69, 9.17) is 34.5 Å². The maximum absolute atomic E-state index is 16.6. The van der Waals surface area contributed by atoms with Crippen LogP contribution >= 0.6 is 23.2 Å². The number of pyridine rings is 1. The molecule has 45 heavy (non-hydrogen) atoms. The molecule has 0 bridgehead atoms. The first kappa shape index (κ1) is 30.9. The number of piperazine rings is 1. The van der Waals surface area contributed by atoms with Crippen LogP contribution in [-0.2, 0) is 4.79 Å². The van der Waals surface area contributed by atoms with E-state index in [1.54, 1.807) is 24.3 Å². The topological polar surface area (TPSA) is 79.1 Å². The Balaban J connectivity index is 1.46. The fourth-order valence-corrected chi connectivity index (χ4v) is 6.55. The molecule has 9 nitrogen and oxygen atoms in total. The summed E-state index contributed by atoms with van der Waals surface area (Å²) in [4.78, 5) is 35.0. The number of amides is 1. The van der Waals surface area contributed by atoms with Crippen molar-refractivity contribution in [1.29, 1.82) is 0 Å². The molecule has 2 atom stereocenters. The van der Waals surface area contributed by atoms with E-state index in [0.717, 1.165) is 24.8 Å². The molecule has 0 radical (unpaired) electrons. The first-order valence-corrected chi connectivity index (χ1v) is 15.2. The number of halogens is 4. The van der Waals surface area contributed by atoms with Crippen LogP contribution in [-0.4, -0.2) is 89.1 Å². The molecule has 4 aromatic rings. The predicted octanol–water partition coefficient (Wildman–Crippen LogP) is 6.18. The molecule has 6 rings (SSSR count). The van der Waals surface area contributed by atoms with E-state index in [9.17, 15) is 9.18 Å². The fraction of sp³-hybridized carbons (Fsp3) is 0.344. The third kappa shape index (κ3) is 5.86. The lowest BCUT2D eigenvalue weighted by Gasteiger charge is -2.39. The molecule has 4 heterocycles. The number of anilines is 1. The number of nitrogens with zero attached hydrogens (tertiary/aromatic N) is 7. The zero-order valence-corrected chi connectivity index (χ0v) is 26.0. The SMILES string of the molecule is [C-]#[N+]C[C@H]1CN(c2nc(OC[C@@H]3CCCN3C)nc3c(F)c(-c4cccc5ccc(Cl)c(Cl)c45)ncc23)CCN1C(=O)C(=C)F. The molecule has 0 unspecified atom stereocenters. The van der Waals surface area contributed by atoms with Gasteiger partial charge in [0, 0.05) is 42.8 Å². The van der Waals surface area contributed by atoms with Crippen LogP contribution in [0.25, 0.3) is 37.8 Å². The summed E-state index contributed by atoms with van der Waals surface area (Å²) >= 11 is 12.9. The third-order valence-electron chi connectivity index (χ3n) is 8.49. The number of rotatable bonds is 7. The minimum atomic E-state index is -1.09. The summed E-state index contributed by atoms with van der Waals surface area (Å²) in [6, 6.07) is 8.37. The number of likely N-dealkylation sites (N-methyl/N-ethyl adjacent to an activating group) is 1. The second kappa shape index (κ2) is 12.7. The van der Waals surface area contributed by atoms with Crippen LogP contribution in [0, 0.1) is 12.4 Å². The molecule has 0 N–H and O–H groups in total. The average molecular weight is 653 g/mol. The van der Waals surface area contributed by atoms with Gasteiger partial charge in [-0.3, -0.25) is 9.78 Å². The standard InChI is InChI=1S/C32H29Cl2F2N7O2/c1-18(35)31(44)43-13-12-42(16-21(43)14-37-2)30-23-15-38-28(22-8-4-6-19-9-10-24(33)26(34)25(19)22)27(36)29(23)39-32(40-30)45-17-20-7-5-11-41(20)3/h4,6,8-10,15,20-21H,1,5,7,11-14,16-17H2,3H3/t20-,21-/m0/s1. The van der Waals surface area contributed by atoms with Crippen molar-refractivity contribution < 1.29 is 18.3 Å². The number of fused-ring (bicyclic) bond motifs is 2. The van der Waals surface area contributed by atoms with Gasteiger partial charge in [0.2, 0.25) is 6.54 Å². The lowest BCUT2D eigenvalue weighted by Crippen LogP contribution is -2.56. The molecule has 2 saturated heterocycles. The summed E-state index contributed by atoms with van der Waals surface area (Å²) in [6.45, 7) is 12.3. The quantitative estimate of drug-likeness (QED) is 0.174. The predicted molar refractivity (Wildman–Crippen MR) is 171 cm³/mol. The van der Waals surface area contributed by atoms with Crippen LogP contribution in [0.4, 0.5) is 14.6 Å². The van der Waals surface area contributed by atoms with Gasteiger partial charge < -0.3 is 24.3 Å². The highest BCUT2D eigenvalue weighted by atomic mass is 35.5. The Morgan fingerprint density at radius 3 is 2.73 bits per heavy atom. The van der Waals surface area contributed by atoms with Gasteiger partial charge in [0.15, 0.2) is 11.6 Å². The van der Waals surface area contributed by atoms with E-state index < -0.39 is 23.6 Å². The number of aromatic nitrogens is 3. The van der Waals surface area contributed by atoms with Crippen LogP contribution in [0.5, 0.6) is 6.01 Å². The molecule has 232 valence electrons. The molecule has 0 aliphatic carbocycles. The molecular formula is C32H29Cl2F2N7O2. The van der Waals surface area contributed by atoms with E-state index in [-0.39, 0.29) is 54.5 Å². The van der Waals surface area contributed by atoms with Gasteiger partial charge in [-0.05, 0) is 37.9 Å². The van der Waals surface area contributed by atoms with Crippen molar-refractivity contribution in [3.05, 3.63) is 76.2 Å². The van der Waals surface area contributed by atoms with E-state index >= 15 is 4.39 Å². The molecule has 13 heteroatoms. The number of ether oxygens (including phenoxy) is 1. The van der Waals surface area contributed by atoms with Crippen LogP contribution in [0.15, 0.2) is 48.9 Å². The highest BCUT2D eigenvalue weighted by Gasteiger charge is 2.35. The Hall–Kier alpha value is -4.11. The summed E-state index contributed by atoms with van der Waals surface area (Å²) in [7, 11) is 2.03. The molecule has 2 aliphatic heterocycles. The number of benzene rings is 2. The van der Waals surface area contributed by atoms with Crippen molar-refractivity contribution in [2.24, 2.45) is 0 Å². The Morgan fingerprint density at radius 1 is 1.18 bits per heavy atom. The highest BCUT2D eigenvalue weighted by molar-refractivity contribution is 6.46. The van der Waals surface area contributed by atoms with Crippen molar-refractivity contribution in [3.63, 3.8) is 0 Å². The summed E-state index contributed by atoms with van der Waals surface area (Å²) in [5, 5.41) is 2.27. The third-order valence-corrected chi connectivity index (χ3v) is 9.29. The summed E-state index contributed by atoms with van der Waals surface area (Å²) < 4.78 is 36.5. The number of hydrogen-bond donors (Lipinski definition) is 0. The maximum atomic E-state index is 16.6. The van der Waals surface area contributed by atoms with Gasteiger partial charge in [-0.15, -0.1) is 0 Å². The molecule has 1 amide bonds. The van der Waals surface area contributed by atoms with Crippen LogP contribution in [0.2, 0.25) is 10.0 Å². The molecule has 2 aromatic heterocycles. The summed E-state index contributed by atoms with van der Waals surface area (Å²) in [5.41, 5.74) is 0.476. The monoisotopic (exact) mass is 651 g/mol. The first-order chi connectivity index (χ1) is 21.7. The lowest BCUT2D eigenvalue weighted by molar-refractivity contribution is -0.131. The van der Waals surface area contributed by atoms with Gasteiger partial charge in [0.05, 0.1) is 15.4 Å². The van der Waals surface area contributed by atoms with Gasteiger partial charge in [-0.25, -0.2) is 15.4 Å². The minimum Gasteiger partial charge on any atom is -0.462 e. The van der Waals surface area contributed by atoms with Gasteiger partial charge in [0.1, 0.15) is 29.7 Å². The van der Waals surface area contributed by atoms with Gasteiger partial charge in [0.25, 0.3) is 5.91 Å². The molecular weight excluding hydrogens is 623 g/mol. The van der Waals surface area contributed by atoms with Crippen molar-refractivity contribution >= 4 is 56.6 Å². The van der Waals surface area contributed by atoms with E-state index in [1.165, 1.54) is 11.1 Å². The average Bonchev–Trinajstić information content (AvgIpc) is 3.45. The van der Waals surface area contributed by atoms with E-state index in [1.807, 2.05) is 18.0 Å². The van der Waals surface area contributed by atoms with Crippen molar-refractivity contribution in [1.82, 2.24) is 24.8 Å². The minimum absolute atomic E-state index is 0.00713. The number of hydrogen-bond acceptors (Lipinski definition) is 7. The molecule has 2 aliphatic rings. The molecule has 2 fully saturated rings. The Morgan fingerprint density at radius 2 is 2.00 bits per heavy atom. The zero-order chi connectivity index (χ0) is 31.8. The summed E-state index contributed by atoms with van der Waals surface area (Å²) in [5.74, 6) is -2.30. The number of carbonyl (C=O) groups is 1. The maximum Gasteiger partial charge on any atom is 0.319 e. The number of likely N-dealkylation sites (tertiary alicyclic amines) is 1. The van der Waals surface area contributed by atoms with Gasteiger partial charge in [-0.2, -0.15) is 9.97 Å². The highest BCUT2D eigenvalue weighted by Crippen LogP contribution is 2.40. The Bertz CT molecular complexity index is 1870. The van der Waals surface area contributed by atoms with Crippen molar-refractivity contribution in [2.75, 3.05) is 51.3 Å². The lowest BCUT2D eigenvalue weighted by atomic mass is 10.0.